The number of carbonyl (C=O) groups excluding carboxylic acids is 1. The molecule has 3 aromatic rings. The van der Waals surface area contributed by atoms with E-state index in [0.717, 1.165) is 10.6 Å². The van der Waals surface area contributed by atoms with Crippen molar-refractivity contribution in [1.29, 1.82) is 0 Å². The van der Waals surface area contributed by atoms with Crippen molar-refractivity contribution in [2.24, 2.45) is 14.1 Å². The monoisotopic (exact) mass is 387 g/mol. The molecule has 0 unspecified atom stereocenters. The predicted octanol–water partition coefficient (Wildman–Crippen LogP) is 1.51. The highest BCUT2D eigenvalue weighted by Gasteiger charge is 2.23. The third-order valence-corrected chi connectivity index (χ3v) is 4.35. The summed E-state index contributed by atoms with van der Waals surface area (Å²) >= 11 is 0. The minimum absolute atomic E-state index is 0.0604. The van der Waals surface area contributed by atoms with Crippen LogP contribution in [0.25, 0.3) is 11.0 Å². The minimum Gasteiger partial charge on any atom is -0.395 e. The van der Waals surface area contributed by atoms with Gasteiger partial charge in [0, 0.05) is 20.3 Å². The van der Waals surface area contributed by atoms with Crippen LogP contribution in [0.15, 0.2) is 32.3 Å². The number of furan rings is 1. The average Bonchev–Trinajstić information content (AvgIpc) is 3.14. The maximum atomic E-state index is 12.8. The Hall–Kier alpha value is -3.76. The Balaban J connectivity index is 2.24. The molecule has 0 aromatic carbocycles. The van der Waals surface area contributed by atoms with Crippen LogP contribution in [0, 0.1) is 10.1 Å². The number of pyridine rings is 1. The van der Waals surface area contributed by atoms with Gasteiger partial charge in [0.05, 0.1) is 11.8 Å². The number of nitrogens with zero attached hydrogens (tertiary/aromatic N) is 4. The Kier molecular flexibility index (Phi) is 4.59. The highest BCUT2D eigenvalue weighted by molar-refractivity contribution is 6.07. The van der Waals surface area contributed by atoms with Crippen molar-refractivity contribution in [3.05, 3.63) is 60.6 Å². The van der Waals surface area contributed by atoms with Gasteiger partial charge >= 0.3 is 11.6 Å². The van der Waals surface area contributed by atoms with Crippen molar-refractivity contribution in [2.45, 2.75) is 19.8 Å². The summed E-state index contributed by atoms with van der Waals surface area (Å²) in [6.07, 6.45) is 1.48. The second-order valence-corrected chi connectivity index (χ2v) is 6.50. The lowest BCUT2D eigenvalue weighted by atomic mass is 10.0. The summed E-state index contributed by atoms with van der Waals surface area (Å²) in [4.78, 5) is 51.7. The zero-order chi connectivity index (χ0) is 20.7. The first-order chi connectivity index (χ1) is 13.1. The fourth-order valence-corrected chi connectivity index (χ4v) is 2.84. The van der Waals surface area contributed by atoms with E-state index >= 15 is 0 Å². The third-order valence-electron chi connectivity index (χ3n) is 4.35. The third kappa shape index (κ3) is 2.96. The molecule has 1 N–H and O–H groups in total. The number of aryl methyl sites for hydroxylation is 1. The summed E-state index contributed by atoms with van der Waals surface area (Å²) < 4.78 is 7.04. The largest absolute Gasteiger partial charge is 0.433 e. The van der Waals surface area contributed by atoms with Crippen molar-refractivity contribution in [1.82, 2.24) is 14.1 Å². The molecule has 0 bridgehead atoms. The SMILES string of the molecule is CC(C)c1cnc2c(c1NC(=O)c1ccc([N+](=O)[O-])o1)c(=O)n(C)c(=O)n2C. The van der Waals surface area contributed by atoms with Gasteiger partial charge in [-0.15, -0.1) is 0 Å². The molecule has 0 aliphatic rings. The molecule has 3 heterocycles. The molecular weight excluding hydrogens is 370 g/mol. The Morgan fingerprint density at radius 3 is 2.50 bits per heavy atom. The van der Waals surface area contributed by atoms with Gasteiger partial charge in [0.1, 0.15) is 10.3 Å². The van der Waals surface area contributed by atoms with Gasteiger partial charge in [0.25, 0.3) is 11.5 Å². The quantitative estimate of drug-likeness (QED) is 0.528. The highest BCUT2D eigenvalue weighted by Crippen LogP contribution is 2.29. The van der Waals surface area contributed by atoms with Crippen molar-refractivity contribution in [2.75, 3.05) is 5.32 Å². The zero-order valence-electron chi connectivity index (χ0n) is 15.5. The topological polar surface area (TPSA) is 142 Å². The van der Waals surface area contributed by atoms with Crippen molar-refractivity contribution in [3.8, 4) is 0 Å². The maximum Gasteiger partial charge on any atom is 0.433 e. The molecule has 3 aromatic heterocycles. The highest BCUT2D eigenvalue weighted by atomic mass is 16.6. The molecule has 1 amide bonds. The molecule has 146 valence electrons. The number of amides is 1. The fraction of sp³-hybridized carbons (Fsp3) is 0.294. The molecule has 11 nitrogen and oxygen atoms in total. The van der Waals surface area contributed by atoms with E-state index in [9.17, 15) is 24.5 Å². The Bertz CT molecular complexity index is 1230. The minimum atomic E-state index is -0.765. The van der Waals surface area contributed by atoms with Gasteiger partial charge in [-0.05, 0) is 17.5 Å². The molecular formula is C17H17N5O6. The second kappa shape index (κ2) is 6.76. The van der Waals surface area contributed by atoms with Crippen molar-refractivity contribution in [3.63, 3.8) is 0 Å². The van der Waals surface area contributed by atoms with Gasteiger partial charge in [0.2, 0.25) is 0 Å². The molecule has 28 heavy (non-hydrogen) atoms. The van der Waals surface area contributed by atoms with Crippen LogP contribution in [0.2, 0.25) is 0 Å². The van der Waals surface area contributed by atoms with Crippen LogP contribution in [0.3, 0.4) is 0 Å². The van der Waals surface area contributed by atoms with Crippen LogP contribution < -0.4 is 16.6 Å². The van der Waals surface area contributed by atoms with E-state index in [2.05, 4.69) is 10.3 Å². The molecule has 0 spiro atoms. The number of nitro groups is 1. The standard InChI is InChI=1S/C17H17N5O6/c1-8(2)9-7-18-14-12(16(24)21(4)17(25)20(14)3)13(9)19-15(23)10-5-6-11(28-10)22(26)27/h5-8H,1-4H3,(H,18,19,23). The Morgan fingerprint density at radius 1 is 1.25 bits per heavy atom. The number of carbonyl (C=O) groups is 1. The summed E-state index contributed by atoms with van der Waals surface area (Å²) in [5.74, 6) is -1.74. The number of nitrogens with one attached hydrogen (secondary N) is 1. The smallest absolute Gasteiger partial charge is 0.395 e. The van der Waals surface area contributed by atoms with E-state index in [1.807, 2.05) is 13.8 Å². The van der Waals surface area contributed by atoms with Crippen LogP contribution >= 0.6 is 0 Å². The van der Waals surface area contributed by atoms with Gasteiger partial charge in [-0.25, -0.2) is 9.78 Å². The van der Waals surface area contributed by atoms with Gasteiger partial charge in [0.15, 0.2) is 11.4 Å². The van der Waals surface area contributed by atoms with Crippen LogP contribution in [0.5, 0.6) is 0 Å². The summed E-state index contributed by atoms with van der Waals surface area (Å²) in [6, 6.07) is 2.23. The van der Waals surface area contributed by atoms with Crippen LogP contribution in [-0.4, -0.2) is 24.9 Å². The van der Waals surface area contributed by atoms with E-state index in [0.29, 0.717) is 5.56 Å². The van der Waals surface area contributed by atoms with E-state index in [1.165, 1.54) is 30.9 Å². The fourth-order valence-electron chi connectivity index (χ4n) is 2.84. The van der Waals surface area contributed by atoms with Crippen molar-refractivity contribution < 1.29 is 14.1 Å². The van der Waals surface area contributed by atoms with Crippen LogP contribution in [-0.2, 0) is 14.1 Å². The van der Waals surface area contributed by atoms with Gasteiger partial charge in [-0.3, -0.25) is 28.8 Å². The van der Waals surface area contributed by atoms with E-state index in [4.69, 9.17) is 4.42 Å². The molecule has 0 fully saturated rings. The number of hydrogen-bond donors (Lipinski definition) is 1. The Morgan fingerprint density at radius 2 is 1.93 bits per heavy atom. The molecule has 0 aliphatic carbocycles. The summed E-state index contributed by atoms with van der Waals surface area (Å²) in [6.45, 7) is 3.70. The van der Waals surface area contributed by atoms with E-state index in [1.54, 1.807) is 0 Å². The molecule has 0 radical (unpaired) electrons. The average molecular weight is 387 g/mol. The first kappa shape index (κ1) is 19.0. The predicted molar refractivity (Wildman–Crippen MR) is 99.6 cm³/mol. The maximum absolute atomic E-state index is 12.8. The molecule has 0 saturated carbocycles. The van der Waals surface area contributed by atoms with Gasteiger partial charge in [-0.2, -0.15) is 0 Å². The lowest BCUT2D eigenvalue weighted by molar-refractivity contribution is -0.402. The number of hydrogen-bond acceptors (Lipinski definition) is 7. The van der Waals surface area contributed by atoms with E-state index in [-0.39, 0.29) is 28.4 Å². The number of aromatic nitrogens is 3. The van der Waals surface area contributed by atoms with Crippen LogP contribution in [0.4, 0.5) is 11.6 Å². The second-order valence-electron chi connectivity index (χ2n) is 6.50. The molecule has 0 saturated heterocycles. The first-order valence-electron chi connectivity index (χ1n) is 8.27. The summed E-state index contributed by atoms with van der Waals surface area (Å²) in [5.41, 5.74) is -0.314. The molecule has 0 atom stereocenters. The number of fused-ring (bicyclic) bond motifs is 1. The van der Waals surface area contributed by atoms with E-state index < -0.39 is 28.0 Å². The normalized spacial score (nSPS) is 11.2. The molecule has 11 heteroatoms. The lowest BCUT2D eigenvalue weighted by Gasteiger charge is -2.16. The summed E-state index contributed by atoms with van der Waals surface area (Å²) in [5, 5.41) is 13.4. The van der Waals surface area contributed by atoms with Crippen molar-refractivity contribution >= 4 is 28.5 Å². The number of rotatable bonds is 4. The molecule has 0 aliphatic heterocycles. The number of anilines is 1. The van der Waals surface area contributed by atoms with Crippen LogP contribution in [0.1, 0.15) is 35.9 Å². The van der Waals surface area contributed by atoms with Gasteiger partial charge < -0.3 is 9.73 Å². The lowest BCUT2D eigenvalue weighted by Crippen LogP contribution is -2.38. The summed E-state index contributed by atoms with van der Waals surface area (Å²) in [7, 11) is 2.79. The first-order valence-corrected chi connectivity index (χ1v) is 8.27. The van der Waals surface area contributed by atoms with Gasteiger partial charge in [-0.1, -0.05) is 13.8 Å². The molecule has 3 rings (SSSR count). The Labute approximate surface area is 157 Å². The zero-order valence-corrected chi connectivity index (χ0v) is 15.5.